The predicted molar refractivity (Wildman–Crippen MR) is 281 cm³/mol. The molecule has 0 aliphatic carbocycles. The van der Waals surface area contributed by atoms with Gasteiger partial charge in [0.25, 0.3) is 0 Å². The summed E-state index contributed by atoms with van der Waals surface area (Å²) in [5, 5.41) is 13.9. The molecule has 0 heterocycles. The molecule has 0 saturated carbocycles. The molecular formula is C56H112N2O6P+. The molecule has 386 valence electrons. The van der Waals surface area contributed by atoms with E-state index < -0.39 is 20.0 Å². The molecule has 3 atom stereocenters. The average molecular weight is 940 g/mol. The third-order valence-corrected chi connectivity index (χ3v) is 13.9. The van der Waals surface area contributed by atoms with Gasteiger partial charge < -0.3 is 19.8 Å². The quantitative estimate of drug-likeness (QED) is 0.0243. The van der Waals surface area contributed by atoms with E-state index in [1.54, 1.807) is 6.08 Å². The van der Waals surface area contributed by atoms with Crippen LogP contribution in [0, 0.1) is 0 Å². The number of rotatable bonds is 52. The van der Waals surface area contributed by atoms with Crippen molar-refractivity contribution in [2.24, 2.45) is 0 Å². The summed E-state index contributed by atoms with van der Waals surface area (Å²) in [4.78, 5) is 23.3. The number of allylic oxidation sites excluding steroid dienone is 3. The predicted octanol–water partition coefficient (Wildman–Crippen LogP) is 16.8. The van der Waals surface area contributed by atoms with E-state index in [0.29, 0.717) is 17.4 Å². The lowest BCUT2D eigenvalue weighted by Crippen LogP contribution is -2.45. The van der Waals surface area contributed by atoms with Crippen molar-refractivity contribution in [3.05, 3.63) is 24.3 Å². The van der Waals surface area contributed by atoms with Crippen LogP contribution in [0.2, 0.25) is 0 Å². The number of nitrogens with zero attached hydrogens (tertiary/aromatic N) is 1. The summed E-state index contributed by atoms with van der Waals surface area (Å²) in [6.07, 6.45) is 59.9. The van der Waals surface area contributed by atoms with Crippen molar-refractivity contribution >= 4 is 13.7 Å². The van der Waals surface area contributed by atoms with Gasteiger partial charge >= 0.3 is 7.82 Å². The van der Waals surface area contributed by atoms with Crippen molar-refractivity contribution in [3.63, 3.8) is 0 Å². The monoisotopic (exact) mass is 940 g/mol. The molecule has 0 aromatic heterocycles. The number of quaternary nitrogens is 1. The van der Waals surface area contributed by atoms with Crippen LogP contribution in [0.25, 0.3) is 0 Å². The molecule has 1 amide bonds. The molecule has 65 heavy (non-hydrogen) atoms. The molecule has 9 heteroatoms. The van der Waals surface area contributed by atoms with Crippen LogP contribution in [0.5, 0.6) is 0 Å². The molecule has 8 nitrogen and oxygen atoms in total. The molecule has 0 aliphatic rings. The van der Waals surface area contributed by atoms with Gasteiger partial charge in [-0.05, 0) is 32.1 Å². The fourth-order valence-corrected chi connectivity index (χ4v) is 9.21. The number of amides is 1. The minimum Gasteiger partial charge on any atom is -0.387 e. The second-order valence-electron chi connectivity index (χ2n) is 20.7. The summed E-state index contributed by atoms with van der Waals surface area (Å²) in [6.45, 7) is 4.84. The molecular weight excluding hydrogens is 828 g/mol. The van der Waals surface area contributed by atoms with Crippen LogP contribution in [0.4, 0.5) is 0 Å². The van der Waals surface area contributed by atoms with Gasteiger partial charge in [-0.15, -0.1) is 0 Å². The van der Waals surface area contributed by atoms with Gasteiger partial charge in [-0.2, -0.15) is 0 Å². The van der Waals surface area contributed by atoms with Crippen LogP contribution in [-0.4, -0.2) is 73.4 Å². The summed E-state index contributed by atoms with van der Waals surface area (Å²) in [7, 11) is 1.57. The Hall–Kier alpha value is -1.02. The van der Waals surface area contributed by atoms with E-state index in [1.807, 2.05) is 27.2 Å². The number of carbonyl (C=O) groups is 1. The van der Waals surface area contributed by atoms with Gasteiger partial charge in [-0.1, -0.05) is 263 Å². The van der Waals surface area contributed by atoms with E-state index in [2.05, 4.69) is 31.3 Å². The molecule has 0 aromatic rings. The van der Waals surface area contributed by atoms with Crippen molar-refractivity contribution < 1.29 is 32.9 Å². The Bertz CT molecular complexity index is 1110. The van der Waals surface area contributed by atoms with Crippen molar-refractivity contribution in [1.29, 1.82) is 0 Å². The molecule has 0 bridgehead atoms. The van der Waals surface area contributed by atoms with Gasteiger partial charge in [-0.25, -0.2) is 4.57 Å². The fourth-order valence-electron chi connectivity index (χ4n) is 8.47. The van der Waals surface area contributed by atoms with Crippen LogP contribution in [0.1, 0.15) is 277 Å². The Morgan fingerprint density at radius 3 is 1.23 bits per heavy atom. The Morgan fingerprint density at radius 2 is 0.846 bits per heavy atom. The first kappa shape index (κ1) is 64.0. The summed E-state index contributed by atoms with van der Waals surface area (Å²) in [5.74, 6) is -0.181. The molecule has 0 saturated heterocycles. The first-order chi connectivity index (χ1) is 31.5. The number of aliphatic hydroxyl groups excluding tert-OH is 1. The number of phosphoric acid groups is 1. The highest BCUT2D eigenvalue weighted by atomic mass is 31.2. The number of aliphatic hydroxyl groups is 1. The van der Waals surface area contributed by atoms with Crippen molar-refractivity contribution in [3.8, 4) is 0 Å². The zero-order valence-corrected chi connectivity index (χ0v) is 44.9. The van der Waals surface area contributed by atoms with Crippen LogP contribution in [0.15, 0.2) is 24.3 Å². The summed E-state index contributed by atoms with van der Waals surface area (Å²) < 4.78 is 23.7. The number of carbonyl (C=O) groups excluding carboxylic acids is 1. The molecule has 3 unspecified atom stereocenters. The molecule has 0 aliphatic heterocycles. The van der Waals surface area contributed by atoms with Gasteiger partial charge in [0.2, 0.25) is 5.91 Å². The van der Waals surface area contributed by atoms with E-state index in [4.69, 9.17) is 9.05 Å². The number of hydrogen-bond acceptors (Lipinski definition) is 5. The Labute approximate surface area is 404 Å². The normalized spacial score (nSPS) is 14.1. The lowest BCUT2D eigenvalue weighted by atomic mass is 10.0. The fraction of sp³-hybridized carbons (Fsp3) is 0.911. The zero-order valence-electron chi connectivity index (χ0n) is 44.0. The van der Waals surface area contributed by atoms with E-state index in [1.165, 1.54) is 218 Å². The molecule has 3 N–H and O–H groups in total. The van der Waals surface area contributed by atoms with Gasteiger partial charge in [-0.3, -0.25) is 13.8 Å². The van der Waals surface area contributed by atoms with E-state index in [0.717, 1.165) is 38.5 Å². The van der Waals surface area contributed by atoms with Gasteiger partial charge in [0.15, 0.2) is 0 Å². The van der Waals surface area contributed by atoms with Crippen molar-refractivity contribution in [2.75, 3.05) is 40.9 Å². The van der Waals surface area contributed by atoms with Crippen LogP contribution in [0.3, 0.4) is 0 Å². The third kappa shape index (κ3) is 50.7. The topological polar surface area (TPSA) is 105 Å². The first-order valence-electron chi connectivity index (χ1n) is 28.2. The van der Waals surface area contributed by atoms with Gasteiger partial charge in [0.1, 0.15) is 13.2 Å². The third-order valence-electron chi connectivity index (χ3n) is 12.9. The Morgan fingerprint density at radius 1 is 0.508 bits per heavy atom. The molecule has 0 aromatic carbocycles. The molecule has 0 spiro atoms. The number of likely N-dealkylation sites (N-methyl/N-ethyl adjacent to an activating group) is 1. The van der Waals surface area contributed by atoms with Gasteiger partial charge in [0, 0.05) is 6.42 Å². The van der Waals surface area contributed by atoms with Gasteiger partial charge in [0.05, 0.1) is 39.9 Å². The molecule has 0 fully saturated rings. The summed E-state index contributed by atoms with van der Waals surface area (Å²) in [6, 6.07) is -0.860. The zero-order chi connectivity index (χ0) is 47.8. The highest BCUT2D eigenvalue weighted by molar-refractivity contribution is 7.47. The molecule has 0 radical (unpaired) electrons. The maximum absolute atomic E-state index is 12.9. The average Bonchev–Trinajstić information content (AvgIpc) is 3.26. The lowest BCUT2D eigenvalue weighted by Gasteiger charge is -2.25. The van der Waals surface area contributed by atoms with Crippen molar-refractivity contribution in [1.82, 2.24) is 5.32 Å². The lowest BCUT2D eigenvalue weighted by molar-refractivity contribution is -0.870. The van der Waals surface area contributed by atoms with E-state index in [-0.39, 0.29) is 19.1 Å². The maximum Gasteiger partial charge on any atom is 0.472 e. The number of phosphoric ester groups is 1. The molecule has 0 rings (SSSR count). The number of unbranched alkanes of at least 4 members (excludes halogenated alkanes) is 37. The second-order valence-corrected chi connectivity index (χ2v) is 22.1. The standard InChI is InChI=1S/C56H111N2O6P/c1-6-8-10-12-14-16-18-20-22-24-26-27-28-29-30-31-32-33-35-37-39-41-43-45-47-49-55(59)54(53-64-65(61,62)63-52-51-58(3,4)5)57-56(60)50-48-46-44-42-40-38-36-34-25-23-21-19-17-15-13-11-9-7-2/h39,41,47,49,54-55,59H,6-38,40,42-46,48,50-53H2,1-5H3,(H-,57,60,61,62)/p+1/b41-39+,49-47+. The Balaban J connectivity index is 4.24. The minimum atomic E-state index is -4.35. The van der Waals surface area contributed by atoms with E-state index >= 15 is 0 Å². The number of nitrogens with one attached hydrogen (secondary N) is 1. The first-order valence-corrected chi connectivity index (χ1v) is 29.7. The SMILES string of the molecule is CCCCCCCCCCCCCCCCCCCCC/C=C/CC/C=C/C(O)C(COP(=O)(O)OCC[N+](C)(C)C)NC(=O)CCCCCCCCCCCCCCCCCCCC. The Kier molecular flexibility index (Phi) is 47.3. The minimum absolute atomic E-state index is 0.0587. The van der Waals surface area contributed by atoms with Crippen LogP contribution in [-0.2, 0) is 18.4 Å². The van der Waals surface area contributed by atoms with Crippen LogP contribution < -0.4 is 5.32 Å². The summed E-state index contributed by atoms with van der Waals surface area (Å²) >= 11 is 0. The largest absolute Gasteiger partial charge is 0.472 e. The maximum atomic E-state index is 12.9. The smallest absolute Gasteiger partial charge is 0.387 e. The van der Waals surface area contributed by atoms with Crippen molar-refractivity contribution in [2.45, 2.75) is 289 Å². The second kappa shape index (κ2) is 48.0. The number of hydrogen-bond donors (Lipinski definition) is 3. The summed E-state index contributed by atoms with van der Waals surface area (Å²) in [5.41, 5.74) is 0. The highest BCUT2D eigenvalue weighted by Crippen LogP contribution is 2.43. The highest BCUT2D eigenvalue weighted by Gasteiger charge is 2.27. The van der Waals surface area contributed by atoms with Crippen LogP contribution >= 0.6 is 7.82 Å². The van der Waals surface area contributed by atoms with E-state index in [9.17, 15) is 19.4 Å².